The van der Waals surface area contributed by atoms with Crippen LogP contribution in [0, 0.1) is 5.92 Å². The minimum absolute atomic E-state index is 0.0572. The number of nitrogens with two attached hydrogens (primary N) is 1. The first-order valence-corrected chi connectivity index (χ1v) is 23.1. The van der Waals surface area contributed by atoms with Gasteiger partial charge in [-0.3, -0.25) is 4.98 Å². The van der Waals surface area contributed by atoms with E-state index in [-0.39, 0.29) is 17.9 Å². The molecule has 4 nitrogen and oxygen atoms in total. The van der Waals surface area contributed by atoms with Crippen LogP contribution in [0.5, 0.6) is 0 Å². The number of para-hydroxylation sites is 1. The van der Waals surface area contributed by atoms with Crippen LogP contribution in [0.4, 0.5) is 0 Å². The molecule has 0 saturated heterocycles. The van der Waals surface area contributed by atoms with Crippen LogP contribution in [0.25, 0.3) is 39.0 Å². The molecule has 3 aromatic carbocycles. The van der Waals surface area contributed by atoms with E-state index in [1.807, 2.05) is 12.1 Å². The highest BCUT2D eigenvalue weighted by atomic mass is 16.3. The molecule has 0 fully saturated rings. The molecule has 4 heteroatoms. The van der Waals surface area contributed by atoms with E-state index < -0.39 is 0 Å². The molecule has 0 spiro atoms. The summed E-state index contributed by atoms with van der Waals surface area (Å²) in [6, 6.07) is 28.1. The first-order valence-electron chi connectivity index (χ1n) is 23.1. The first kappa shape index (κ1) is 40.4. The second kappa shape index (κ2) is 18.0. The number of rotatable bonds is 9. The number of benzene rings is 3. The Labute approximate surface area is 372 Å². The largest absolute Gasteiger partial charge is 0.456 e. The summed E-state index contributed by atoms with van der Waals surface area (Å²) in [7, 11) is 0. The number of pyridine rings is 1. The molecule has 63 heavy (non-hydrogen) atoms. The molecule has 3 atom stereocenters. The molecule has 3 N–H and O–H groups in total. The summed E-state index contributed by atoms with van der Waals surface area (Å²) in [5.41, 5.74) is 21.2. The Hall–Kier alpha value is -6.65. The maximum Gasteiger partial charge on any atom is 0.135 e. The summed E-state index contributed by atoms with van der Waals surface area (Å²) in [6.07, 6.45) is 39.5. The van der Waals surface area contributed by atoms with Gasteiger partial charge in [0.05, 0.1) is 11.0 Å². The van der Waals surface area contributed by atoms with Crippen molar-refractivity contribution in [3.05, 3.63) is 225 Å². The lowest BCUT2D eigenvalue weighted by molar-refractivity contribution is 0.586. The van der Waals surface area contributed by atoms with Crippen LogP contribution >= 0.6 is 0 Å². The zero-order chi connectivity index (χ0) is 42.7. The predicted molar refractivity (Wildman–Crippen MR) is 264 cm³/mol. The third kappa shape index (κ3) is 8.23. The molecule has 5 aliphatic rings. The van der Waals surface area contributed by atoms with Crippen molar-refractivity contribution in [2.45, 2.75) is 83.1 Å². The zero-order valence-electron chi connectivity index (χ0n) is 36.5. The molecular weight excluding hydrogens is 767 g/mol. The number of nitrogens with zero attached hydrogens (tertiary/aromatic N) is 1. The molecule has 3 unspecified atom stereocenters. The van der Waals surface area contributed by atoms with E-state index in [0.717, 1.165) is 90.7 Å². The van der Waals surface area contributed by atoms with Crippen LogP contribution in [0.1, 0.15) is 99.3 Å². The fraction of sp³-hybridized carbons (Fsp3) is 0.237. The second-order valence-electron chi connectivity index (χ2n) is 17.7. The summed E-state index contributed by atoms with van der Waals surface area (Å²) >= 11 is 0. The lowest BCUT2D eigenvalue weighted by Crippen LogP contribution is -2.29. The third-order valence-electron chi connectivity index (χ3n) is 13.7. The van der Waals surface area contributed by atoms with E-state index in [1.165, 1.54) is 73.2 Å². The van der Waals surface area contributed by atoms with Gasteiger partial charge in [-0.05, 0) is 128 Å². The van der Waals surface area contributed by atoms with Gasteiger partial charge in [-0.1, -0.05) is 146 Å². The van der Waals surface area contributed by atoms with E-state index in [0.29, 0.717) is 0 Å². The lowest BCUT2D eigenvalue weighted by Gasteiger charge is -2.24. The quantitative estimate of drug-likeness (QED) is 0.155. The summed E-state index contributed by atoms with van der Waals surface area (Å²) in [5.74, 6) is 1.16. The SMILES string of the molecule is C=C(C1=CC=CCC1)/C(C1=CCCCC1)=c1\nc(C2C=CC=CC2)c(=C2C=CC(=C(/C=C(\N)C3C=Cc4oc5ccccc5c4C3)NC(C)c3ccccc3)CC2)c2ccccc12. The highest BCUT2D eigenvalue weighted by Gasteiger charge is 2.25. The number of hydrogen-bond acceptors (Lipinski definition) is 4. The van der Waals surface area contributed by atoms with Crippen molar-refractivity contribution in [3.8, 4) is 0 Å². The van der Waals surface area contributed by atoms with Gasteiger partial charge in [0.1, 0.15) is 11.3 Å². The van der Waals surface area contributed by atoms with Crippen LogP contribution in [0.15, 0.2) is 196 Å². The van der Waals surface area contributed by atoms with E-state index in [2.05, 4.69) is 158 Å². The van der Waals surface area contributed by atoms with Gasteiger partial charge in [-0.2, -0.15) is 0 Å². The lowest BCUT2D eigenvalue weighted by atomic mass is 9.83. The van der Waals surface area contributed by atoms with Gasteiger partial charge in [0, 0.05) is 56.4 Å². The molecule has 0 radical (unpaired) electrons. The first-order chi connectivity index (χ1) is 31.0. The maximum absolute atomic E-state index is 7.12. The molecule has 2 aromatic heterocycles. The summed E-state index contributed by atoms with van der Waals surface area (Å²) in [4.78, 5) is 5.85. The molecule has 5 aromatic rings. The highest BCUT2D eigenvalue weighted by molar-refractivity contribution is 5.93. The van der Waals surface area contributed by atoms with Crippen molar-refractivity contribution < 1.29 is 4.42 Å². The number of allylic oxidation sites excluding steroid dienone is 16. The summed E-state index contributed by atoms with van der Waals surface area (Å²) in [6.45, 7) is 7.06. The molecule has 5 aliphatic carbocycles. The molecule has 10 rings (SSSR count). The average molecular weight is 824 g/mol. The number of fused-ring (bicyclic) bond motifs is 4. The summed E-state index contributed by atoms with van der Waals surface area (Å²) < 4.78 is 6.19. The minimum Gasteiger partial charge on any atom is -0.456 e. The fourth-order valence-corrected chi connectivity index (χ4v) is 10.2. The standard InChI is InChI=1S/C59H57N3O/c1-39(41-19-7-3-8-20-41)56(44-23-11-5-12-24-44)59-50-29-16-15-28-49(50)57(58(62-59)46-25-13-6-14-26-46)45-33-31-43(32-34-45)53(61-40(2)42-21-9-4-10-22-42)38-52(60)47-35-36-55-51(37-47)48-27-17-18-30-54(48)63-55/h3-4,6-7,9-10,13-19,21-23,25,27-31,33,35-36,38,40,46-47,61H,1,5,8,11-12,20,24,26,32,34,37,60H2,2H3/b52-38-,53-43?,57-45?,59-56+. The fourth-order valence-electron chi connectivity index (χ4n) is 10.2. The van der Waals surface area contributed by atoms with Crippen LogP contribution in [-0.4, -0.2) is 4.98 Å². The molecule has 314 valence electrons. The number of furan rings is 1. The Morgan fingerprint density at radius 2 is 1.63 bits per heavy atom. The van der Waals surface area contributed by atoms with Crippen molar-refractivity contribution in [3.63, 3.8) is 0 Å². The Morgan fingerprint density at radius 3 is 2.40 bits per heavy atom. The normalized spacial score (nSPS) is 22.4. The molecule has 0 saturated carbocycles. The van der Waals surface area contributed by atoms with Gasteiger partial charge in [0.15, 0.2) is 0 Å². The zero-order valence-corrected chi connectivity index (χ0v) is 36.5. The molecule has 0 bridgehead atoms. The Bertz CT molecular complexity index is 3030. The van der Waals surface area contributed by atoms with Crippen LogP contribution in [0.3, 0.4) is 0 Å². The minimum atomic E-state index is 0.0572. The average Bonchev–Trinajstić information content (AvgIpc) is 3.73. The van der Waals surface area contributed by atoms with Crippen LogP contribution < -0.4 is 21.6 Å². The van der Waals surface area contributed by atoms with Crippen LogP contribution in [0.2, 0.25) is 0 Å². The van der Waals surface area contributed by atoms with Crippen molar-refractivity contribution in [1.82, 2.24) is 10.3 Å². The highest BCUT2D eigenvalue weighted by Crippen LogP contribution is 2.37. The smallest absolute Gasteiger partial charge is 0.135 e. The van der Waals surface area contributed by atoms with Gasteiger partial charge in [-0.25, -0.2) is 0 Å². The van der Waals surface area contributed by atoms with Crippen molar-refractivity contribution in [2.24, 2.45) is 11.7 Å². The molecule has 0 amide bonds. The molecular formula is C59H57N3O. The van der Waals surface area contributed by atoms with E-state index in [4.69, 9.17) is 21.7 Å². The van der Waals surface area contributed by atoms with Gasteiger partial charge < -0.3 is 15.5 Å². The van der Waals surface area contributed by atoms with Crippen LogP contribution in [-0.2, 0) is 6.42 Å². The Morgan fingerprint density at radius 1 is 0.810 bits per heavy atom. The summed E-state index contributed by atoms with van der Waals surface area (Å²) in [5, 5.41) is 9.91. The van der Waals surface area contributed by atoms with Crippen molar-refractivity contribution >= 4 is 39.0 Å². The molecule has 2 heterocycles. The second-order valence-corrected chi connectivity index (χ2v) is 17.7. The molecule has 0 aliphatic heterocycles. The number of hydrogen-bond donors (Lipinski definition) is 2. The number of aromatic nitrogens is 1. The Balaban J connectivity index is 1.12. The topological polar surface area (TPSA) is 64.1 Å². The van der Waals surface area contributed by atoms with Gasteiger partial charge in [0.25, 0.3) is 0 Å². The van der Waals surface area contributed by atoms with E-state index in [9.17, 15) is 0 Å². The maximum atomic E-state index is 7.12. The van der Waals surface area contributed by atoms with Gasteiger partial charge in [0.2, 0.25) is 0 Å². The number of nitrogens with one attached hydrogen (secondary N) is 1. The Kier molecular flexibility index (Phi) is 11.5. The predicted octanol–water partition coefficient (Wildman–Crippen LogP) is 12.9. The van der Waals surface area contributed by atoms with Gasteiger partial charge in [-0.15, -0.1) is 0 Å². The van der Waals surface area contributed by atoms with Crippen molar-refractivity contribution in [2.75, 3.05) is 0 Å². The monoisotopic (exact) mass is 823 g/mol. The van der Waals surface area contributed by atoms with Crippen molar-refractivity contribution in [1.29, 1.82) is 0 Å². The van der Waals surface area contributed by atoms with E-state index in [1.54, 1.807) is 0 Å². The third-order valence-corrected chi connectivity index (χ3v) is 13.7. The van der Waals surface area contributed by atoms with E-state index >= 15 is 0 Å². The van der Waals surface area contributed by atoms with Gasteiger partial charge >= 0.3 is 0 Å².